The van der Waals surface area contributed by atoms with Crippen molar-refractivity contribution in [2.24, 2.45) is 0 Å². The quantitative estimate of drug-likeness (QED) is 0.902. The number of hydrogen-bond acceptors (Lipinski definition) is 3. The molecule has 2 nitrogen and oxygen atoms in total. The van der Waals surface area contributed by atoms with Crippen molar-refractivity contribution < 1.29 is 0 Å². The number of aryl methyl sites for hydroxylation is 1. The third-order valence-corrected chi connectivity index (χ3v) is 5.64. The number of hydrogen-bond donors (Lipinski definition) is 1. The molecular formula is C15H24N2S. The van der Waals surface area contributed by atoms with E-state index in [-0.39, 0.29) is 0 Å². The molecule has 1 N–H and O–H groups in total. The second-order valence-corrected chi connectivity index (χ2v) is 6.54. The first-order valence-corrected chi connectivity index (χ1v) is 7.58. The third-order valence-electron chi connectivity index (χ3n) is 4.12. The molecule has 1 heterocycles. The van der Waals surface area contributed by atoms with Crippen LogP contribution in [0.5, 0.6) is 0 Å². The summed E-state index contributed by atoms with van der Waals surface area (Å²) in [6, 6.07) is 5.13. The summed E-state index contributed by atoms with van der Waals surface area (Å²) in [5.74, 6) is 0. The largest absolute Gasteiger partial charge is 0.370 e. The molecule has 100 valence electrons. The number of fused-ring (bicyclic) bond motifs is 1. The van der Waals surface area contributed by atoms with Gasteiger partial charge in [0.05, 0.1) is 5.69 Å². The van der Waals surface area contributed by atoms with Crippen molar-refractivity contribution in [1.82, 2.24) is 5.32 Å². The molecule has 0 amide bonds. The minimum Gasteiger partial charge on any atom is -0.370 e. The first kappa shape index (κ1) is 13.8. The molecule has 0 bridgehead atoms. The number of anilines is 1. The second kappa shape index (κ2) is 5.54. The maximum absolute atomic E-state index is 3.26. The van der Waals surface area contributed by atoms with Gasteiger partial charge in [-0.05, 0) is 58.0 Å². The number of benzene rings is 1. The van der Waals surface area contributed by atoms with Crippen molar-refractivity contribution in [3.8, 4) is 0 Å². The summed E-state index contributed by atoms with van der Waals surface area (Å²) in [5, 5.41) is 3.94. The lowest BCUT2D eigenvalue weighted by Crippen LogP contribution is -2.42. The first-order chi connectivity index (χ1) is 8.56. The van der Waals surface area contributed by atoms with Crippen LogP contribution in [0.2, 0.25) is 0 Å². The van der Waals surface area contributed by atoms with Gasteiger partial charge in [-0.1, -0.05) is 6.07 Å². The summed E-state index contributed by atoms with van der Waals surface area (Å²) in [7, 11) is 4.27. The third kappa shape index (κ3) is 2.39. The lowest BCUT2D eigenvalue weighted by Gasteiger charge is -2.40. The average molecular weight is 264 g/mol. The Morgan fingerprint density at radius 3 is 2.72 bits per heavy atom. The Labute approximate surface area is 115 Å². The van der Waals surface area contributed by atoms with E-state index < -0.39 is 0 Å². The van der Waals surface area contributed by atoms with E-state index in [1.54, 1.807) is 0 Å². The molecule has 0 aromatic heterocycles. The fourth-order valence-corrected chi connectivity index (χ4v) is 4.11. The normalized spacial score (nSPS) is 23.1. The van der Waals surface area contributed by atoms with Crippen LogP contribution in [0, 0.1) is 13.8 Å². The van der Waals surface area contributed by atoms with E-state index >= 15 is 0 Å². The van der Waals surface area contributed by atoms with E-state index in [4.69, 9.17) is 0 Å². The molecule has 1 aromatic carbocycles. The Morgan fingerprint density at radius 2 is 2.06 bits per heavy atom. The van der Waals surface area contributed by atoms with Gasteiger partial charge in [0.15, 0.2) is 0 Å². The zero-order chi connectivity index (χ0) is 13.3. The van der Waals surface area contributed by atoms with Crippen LogP contribution < -0.4 is 10.2 Å². The van der Waals surface area contributed by atoms with E-state index in [1.165, 1.54) is 28.1 Å². The number of thioether (sulfide) groups is 1. The zero-order valence-electron chi connectivity index (χ0n) is 12.1. The average Bonchev–Trinajstić information content (AvgIpc) is 2.36. The van der Waals surface area contributed by atoms with Crippen molar-refractivity contribution in [1.29, 1.82) is 0 Å². The van der Waals surface area contributed by atoms with Gasteiger partial charge < -0.3 is 10.2 Å². The molecule has 2 unspecified atom stereocenters. The topological polar surface area (TPSA) is 15.3 Å². The Hall–Kier alpha value is -0.670. The van der Waals surface area contributed by atoms with Crippen LogP contribution in [0.15, 0.2) is 17.0 Å². The minimum absolute atomic E-state index is 0.594. The molecule has 3 heteroatoms. The van der Waals surface area contributed by atoms with Crippen LogP contribution >= 0.6 is 11.8 Å². The summed E-state index contributed by atoms with van der Waals surface area (Å²) in [5.41, 5.74) is 4.26. The standard InChI is InChI=1S/C15H24N2S/c1-10-6-7-14-15(11(10)2)17(5)12(3)13(18-14)8-9-16-4/h6-7,12-13,16H,8-9H2,1-5H3. The molecule has 0 saturated heterocycles. The van der Waals surface area contributed by atoms with Crippen LogP contribution in [0.1, 0.15) is 24.5 Å². The molecular weight excluding hydrogens is 240 g/mol. The molecule has 1 aromatic rings. The maximum atomic E-state index is 3.26. The molecule has 2 atom stereocenters. The lowest BCUT2D eigenvalue weighted by molar-refractivity contribution is 0.582. The van der Waals surface area contributed by atoms with E-state index in [0.29, 0.717) is 11.3 Å². The van der Waals surface area contributed by atoms with Crippen molar-refractivity contribution >= 4 is 17.4 Å². The van der Waals surface area contributed by atoms with Gasteiger partial charge in [0.25, 0.3) is 0 Å². The molecule has 0 aliphatic carbocycles. The molecule has 0 saturated carbocycles. The van der Waals surface area contributed by atoms with Gasteiger partial charge in [-0.25, -0.2) is 0 Å². The smallest absolute Gasteiger partial charge is 0.0537 e. The highest BCUT2D eigenvalue weighted by atomic mass is 32.2. The van der Waals surface area contributed by atoms with Gasteiger partial charge in [-0.2, -0.15) is 0 Å². The number of nitrogens with one attached hydrogen (secondary N) is 1. The van der Waals surface area contributed by atoms with E-state index in [0.717, 1.165) is 6.54 Å². The van der Waals surface area contributed by atoms with Crippen molar-refractivity contribution in [2.75, 3.05) is 25.5 Å². The highest BCUT2D eigenvalue weighted by Gasteiger charge is 2.30. The van der Waals surface area contributed by atoms with Gasteiger partial charge in [0.2, 0.25) is 0 Å². The zero-order valence-corrected chi connectivity index (χ0v) is 12.9. The van der Waals surface area contributed by atoms with Gasteiger partial charge in [-0.15, -0.1) is 11.8 Å². The SMILES string of the molecule is CNCCC1Sc2ccc(C)c(C)c2N(C)C1C. The lowest BCUT2D eigenvalue weighted by atomic mass is 10.0. The van der Waals surface area contributed by atoms with Crippen LogP contribution in [-0.2, 0) is 0 Å². The predicted molar refractivity (Wildman–Crippen MR) is 82.0 cm³/mol. The fraction of sp³-hybridized carbons (Fsp3) is 0.600. The van der Waals surface area contributed by atoms with Crippen LogP contribution in [-0.4, -0.2) is 31.9 Å². The Balaban J connectivity index is 2.32. The highest BCUT2D eigenvalue weighted by Crippen LogP contribution is 2.44. The molecule has 0 fully saturated rings. The van der Waals surface area contributed by atoms with Crippen LogP contribution in [0.25, 0.3) is 0 Å². The van der Waals surface area contributed by atoms with E-state index in [9.17, 15) is 0 Å². The number of nitrogens with zero attached hydrogens (tertiary/aromatic N) is 1. The molecule has 1 aliphatic heterocycles. The molecule has 0 spiro atoms. The first-order valence-electron chi connectivity index (χ1n) is 6.70. The summed E-state index contributed by atoms with van der Waals surface area (Å²) in [4.78, 5) is 3.91. The molecule has 1 aliphatic rings. The van der Waals surface area contributed by atoms with Crippen molar-refractivity contribution in [3.05, 3.63) is 23.3 Å². The number of rotatable bonds is 3. The summed E-state index contributed by atoms with van der Waals surface area (Å²) in [6.45, 7) is 7.88. The fourth-order valence-electron chi connectivity index (χ4n) is 2.61. The van der Waals surface area contributed by atoms with E-state index in [1.807, 2.05) is 7.05 Å². The van der Waals surface area contributed by atoms with Crippen molar-refractivity contribution in [2.45, 2.75) is 43.4 Å². The van der Waals surface area contributed by atoms with Gasteiger partial charge in [0, 0.05) is 23.2 Å². The molecule has 0 radical (unpaired) electrons. The van der Waals surface area contributed by atoms with E-state index in [2.05, 4.69) is 61.9 Å². The Kier molecular flexibility index (Phi) is 4.23. The monoisotopic (exact) mass is 264 g/mol. The maximum Gasteiger partial charge on any atom is 0.0537 e. The van der Waals surface area contributed by atoms with Crippen LogP contribution in [0.4, 0.5) is 5.69 Å². The molecule has 2 rings (SSSR count). The Bertz CT molecular complexity index is 431. The van der Waals surface area contributed by atoms with Crippen LogP contribution in [0.3, 0.4) is 0 Å². The summed E-state index contributed by atoms with van der Waals surface area (Å²) in [6.07, 6.45) is 1.22. The van der Waals surface area contributed by atoms with Gasteiger partial charge >= 0.3 is 0 Å². The summed E-state index contributed by atoms with van der Waals surface area (Å²) < 4.78 is 0. The predicted octanol–water partition coefficient (Wildman–Crippen LogP) is 3.21. The Morgan fingerprint density at radius 1 is 1.33 bits per heavy atom. The molecule has 18 heavy (non-hydrogen) atoms. The summed E-state index contributed by atoms with van der Waals surface area (Å²) >= 11 is 2.05. The van der Waals surface area contributed by atoms with Crippen molar-refractivity contribution in [3.63, 3.8) is 0 Å². The highest BCUT2D eigenvalue weighted by molar-refractivity contribution is 8.00. The van der Waals surface area contributed by atoms with Gasteiger partial charge in [0.1, 0.15) is 0 Å². The minimum atomic E-state index is 0.594. The second-order valence-electron chi connectivity index (χ2n) is 5.25. The van der Waals surface area contributed by atoms with Gasteiger partial charge in [-0.3, -0.25) is 0 Å².